The SMILES string of the molecule is N#CCc1[nH]nc2ncncc12. The minimum absolute atomic E-state index is 0.309. The van der Waals surface area contributed by atoms with Crippen molar-refractivity contribution in [3.63, 3.8) is 0 Å². The third-order valence-corrected chi connectivity index (χ3v) is 1.57. The van der Waals surface area contributed by atoms with Crippen molar-refractivity contribution in [1.29, 1.82) is 5.26 Å². The minimum atomic E-state index is 0.309. The van der Waals surface area contributed by atoms with Gasteiger partial charge in [-0.1, -0.05) is 0 Å². The van der Waals surface area contributed by atoms with Crippen LogP contribution in [0, 0.1) is 11.3 Å². The Hall–Kier alpha value is -1.96. The largest absolute Gasteiger partial charge is 0.279 e. The lowest BCUT2D eigenvalue weighted by molar-refractivity contribution is 1.02. The topological polar surface area (TPSA) is 78.2 Å². The van der Waals surface area contributed by atoms with E-state index in [9.17, 15) is 0 Å². The van der Waals surface area contributed by atoms with E-state index >= 15 is 0 Å². The average Bonchev–Trinajstić information content (AvgIpc) is 2.50. The lowest BCUT2D eigenvalue weighted by Crippen LogP contribution is -1.82. The van der Waals surface area contributed by atoms with Crippen LogP contribution in [0.15, 0.2) is 12.5 Å². The molecule has 0 spiro atoms. The van der Waals surface area contributed by atoms with Crippen LogP contribution in [0.4, 0.5) is 0 Å². The maximum Gasteiger partial charge on any atom is 0.184 e. The first kappa shape index (κ1) is 6.73. The Morgan fingerprint density at radius 3 is 3.33 bits per heavy atom. The van der Waals surface area contributed by atoms with Crippen LogP contribution in [0.25, 0.3) is 11.0 Å². The van der Waals surface area contributed by atoms with Crippen LogP contribution in [-0.4, -0.2) is 20.2 Å². The first-order valence-electron chi connectivity index (χ1n) is 3.41. The van der Waals surface area contributed by atoms with Gasteiger partial charge in [0.1, 0.15) is 6.33 Å². The summed E-state index contributed by atoms with van der Waals surface area (Å²) in [7, 11) is 0. The predicted molar refractivity (Wildman–Crippen MR) is 41.0 cm³/mol. The Balaban J connectivity index is 2.64. The molecule has 0 aliphatic rings. The van der Waals surface area contributed by atoms with Gasteiger partial charge in [-0.3, -0.25) is 5.10 Å². The quantitative estimate of drug-likeness (QED) is 0.654. The fraction of sp³-hybridized carbons (Fsp3) is 0.143. The Kier molecular flexibility index (Phi) is 1.45. The first-order valence-corrected chi connectivity index (χ1v) is 3.41. The molecule has 0 atom stereocenters. The molecule has 0 saturated heterocycles. The second kappa shape index (κ2) is 2.58. The molecule has 2 aromatic heterocycles. The zero-order valence-corrected chi connectivity index (χ0v) is 6.15. The lowest BCUT2D eigenvalue weighted by Gasteiger charge is -1.86. The van der Waals surface area contributed by atoms with Crippen molar-refractivity contribution in [3.05, 3.63) is 18.2 Å². The molecule has 0 aromatic carbocycles. The van der Waals surface area contributed by atoms with Crippen LogP contribution in [0.5, 0.6) is 0 Å². The van der Waals surface area contributed by atoms with Crippen LogP contribution in [0.1, 0.15) is 5.69 Å². The number of nitrogens with one attached hydrogen (secondary N) is 1. The predicted octanol–water partition coefficient (Wildman–Crippen LogP) is 0.419. The fourth-order valence-corrected chi connectivity index (χ4v) is 1.02. The van der Waals surface area contributed by atoms with Crippen molar-refractivity contribution in [2.75, 3.05) is 0 Å². The summed E-state index contributed by atoms with van der Waals surface area (Å²) in [4.78, 5) is 7.77. The molecule has 58 valence electrons. The molecule has 0 amide bonds. The summed E-state index contributed by atoms with van der Waals surface area (Å²) in [5.74, 6) is 0. The number of nitrogens with zero attached hydrogens (tertiary/aromatic N) is 4. The molecular weight excluding hydrogens is 154 g/mol. The molecule has 5 nitrogen and oxygen atoms in total. The molecular formula is C7H5N5. The monoisotopic (exact) mass is 159 g/mol. The number of aromatic amines is 1. The Bertz CT molecular complexity index is 438. The summed E-state index contributed by atoms with van der Waals surface area (Å²) < 4.78 is 0. The number of hydrogen-bond donors (Lipinski definition) is 1. The van der Waals surface area contributed by atoms with E-state index < -0.39 is 0 Å². The fourth-order valence-electron chi connectivity index (χ4n) is 1.02. The summed E-state index contributed by atoms with van der Waals surface area (Å²) in [6, 6.07) is 2.04. The van der Waals surface area contributed by atoms with Gasteiger partial charge in [0, 0.05) is 6.20 Å². The molecule has 2 rings (SSSR count). The van der Waals surface area contributed by atoms with Crippen molar-refractivity contribution in [3.8, 4) is 6.07 Å². The van der Waals surface area contributed by atoms with Crippen LogP contribution in [-0.2, 0) is 6.42 Å². The first-order chi connectivity index (χ1) is 5.92. The summed E-state index contributed by atoms with van der Waals surface area (Å²) >= 11 is 0. The molecule has 0 aliphatic carbocycles. The number of hydrogen-bond acceptors (Lipinski definition) is 4. The minimum Gasteiger partial charge on any atom is -0.279 e. The maximum absolute atomic E-state index is 8.46. The Labute approximate surface area is 68.1 Å². The van der Waals surface area contributed by atoms with Crippen molar-refractivity contribution in [1.82, 2.24) is 20.2 Å². The highest BCUT2D eigenvalue weighted by atomic mass is 15.2. The zero-order chi connectivity index (χ0) is 8.39. The molecule has 5 heteroatoms. The molecule has 0 unspecified atom stereocenters. The highest BCUT2D eigenvalue weighted by Gasteiger charge is 2.03. The van der Waals surface area contributed by atoms with Gasteiger partial charge in [-0.15, -0.1) is 0 Å². The van der Waals surface area contributed by atoms with Gasteiger partial charge in [-0.05, 0) is 0 Å². The number of H-pyrrole nitrogens is 1. The van der Waals surface area contributed by atoms with Crippen molar-refractivity contribution in [2.24, 2.45) is 0 Å². The van der Waals surface area contributed by atoms with E-state index in [1.54, 1.807) is 6.20 Å². The third-order valence-electron chi connectivity index (χ3n) is 1.57. The summed E-state index contributed by atoms with van der Waals surface area (Å²) in [6.07, 6.45) is 3.39. The van der Waals surface area contributed by atoms with Gasteiger partial charge >= 0.3 is 0 Å². The van der Waals surface area contributed by atoms with Gasteiger partial charge in [0.05, 0.1) is 23.6 Å². The smallest absolute Gasteiger partial charge is 0.184 e. The number of nitriles is 1. The number of fused-ring (bicyclic) bond motifs is 1. The Morgan fingerprint density at radius 2 is 2.50 bits per heavy atom. The standard InChI is InChI=1S/C7H5N5/c8-2-1-6-5-3-9-4-10-7(5)12-11-6/h3-4H,1H2,(H,9,10,11,12). The van der Waals surface area contributed by atoms with E-state index in [2.05, 4.69) is 20.2 Å². The normalized spacial score (nSPS) is 9.92. The highest BCUT2D eigenvalue weighted by molar-refractivity contribution is 5.76. The molecule has 0 radical (unpaired) electrons. The summed E-state index contributed by atoms with van der Waals surface area (Å²) in [5.41, 5.74) is 1.38. The van der Waals surface area contributed by atoms with E-state index in [1.807, 2.05) is 6.07 Å². The van der Waals surface area contributed by atoms with E-state index in [1.165, 1.54) is 6.33 Å². The Morgan fingerprint density at radius 1 is 1.58 bits per heavy atom. The molecule has 0 saturated carbocycles. The molecule has 0 fully saturated rings. The van der Waals surface area contributed by atoms with Crippen LogP contribution in [0.2, 0.25) is 0 Å². The van der Waals surface area contributed by atoms with Gasteiger partial charge < -0.3 is 0 Å². The van der Waals surface area contributed by atoms with Crippen LogP contribution in [0.3, 0.4) is 0 Å². The highest BCUT2D eigenvalue weighted by Crippen LogP contribution is 2.10. The van der Waals surface area contributed by atoms with Gasteiger partial charge in [-0.25, -0.2) is 9.97 Å². The van der Waals surface area contributed by atoms with Crippen molar-refractivity contribution in [2.45, 2.75) is 6.42 Å². The second-order valence-electron chi connectivity index (χ2n) is 2.30. The zero-order valence-electron chi connectivity index (χ0n) is 6.15. The van der Waals surface area contributed by atoms with Gasteiger partial charge in [0.25, 0.3) is 0 Å². The van der Waals surface area contributed by atoms with Crippen molar-refractivity contribution < 1.29 is 0 Å². The summed E-state index contributed by atoms with van der Waals surface area (Å²) in [5, 5.41) is 15.9. The maximum atomic E-state index is 8.46. The second-order valence-corrected chi connectivity index (χ2v) is 2.30. The number of aromatic nitrogens is 4. The van der Waals surface area contributed by atoms with E-state index in [4.69, 9.17) is 5.26 Å². The molecule has 2 heterocycles. The van der Waals surface area contributed by atoms with Gasteiger partial charge in [0.15, 0.2) is 5.65 Å². The molecule has 2 aromatic rings. The molecule has 12 heavy (non-hydrogen) atoms. The number of rotatable bonds is 1. The molecule has 0 bridgehead atoms. The third kappa shape index (κ3) is 0.900. The van der Waals surface area contributed by atoms with E-state index in [0.717, 1.165) is 11.1 Å². The van der Waals surface area contributed by atoms with Crippen LogP contribution < -0.4 is 0 Å². The lowest BCUT2D eigenvalue weighted by atomic mass is 10.2. The van der Waals surface area contributed by atoms with Crippen LogP contribution >= 0.6 is 0 Å². The van der Waals surface area contributed by atoms with E-state index in [0.29, 0.717) is 12.1 Å². The van der Waals surface area contributed by atoms with E-state index in [-0.39, 0.29) is 0 Å². The molecule has 1 N–H and O–H groups in total. The van der Waals surface area contributed by atoms with Crippen molar-refractivity contribution >= 4 is 11.0 Å². The summed E-state index contributed by atoms with van der Waals surface area (Å²) in [6.45, 7) is 0. The average molecular weight is 159 g/mol. The van der Waals surface area contributed by atoms with Gasteiger partial charge in [0.2, 0.25) is 0 Å². The molecule has 0 aliphatic heterocycles. The van der Waals surface area contributed by atoms with Gasteiger partial charge in [-0.2, -0.15) is 10.4 Å².